The lowest BCUT2D eigenvalue weighted by Gasteiger charge is -2.23. The summed E-state index contributed by atoms with van der Waals surface area (Å²) in [5.41, 5.74) is 0.941. The lowest BCUT2D eigenvalue weighted by atomic mass is 10.1. The maximum absolute atomic E-state index is 5.76. The number of ether oxygens (including phenoxy) is 4. The lowest BCUT2D eigenvalue weighted by Crippen LogP contribution is -2.33. The monoisotopic (exact) mass is 251 g/mol. The third-order valence-electron chi connectivity index (χ3n) is 2.63. The molecule has 5 heteroatoms. The molecule has 0 saturated carbocycles. The minimum Gasteiger partial charge on any atom is -0.482 e. The first-order valence-corrected chi connectivity index (χ1v) is 5.80. The Bertz CT molecular complexity index is 420. The topological polar surface area (TPSA) is 49.3 Å². The number of aliphatic imine (C=N–C) groups is 1. The summed E-state index contributed by atoms with van der Waals surface area (Å²) in [6.07, 6.45) is -1.82. The van der Waals surface area contributed by atoms with Gasteiger partial charge in [-0.15, -0.1) is 0 Å². The van der Waals surface area contributed by atoms with E-state index in [0.29, 0.717) is 12.5 Å². The Kier molecular flexibility index (Phi) is 3.96. The zero-order valence-corrected chi connectivity index (χ0v) is 10.8. The summed E-state index contributed by atoms with van der Waals surface area (Å²) in [4.78, 5) is 4.23. The van der Waals surface area contributed by atoms with Crippen molar-refractivity contribution >= 4 is 5.90 Å². The summed E-state index contributed by atoms with van der Waals surface area (Å²) in [6, 6.07) is 9.68. The highest BCUT2D eigenvalue weighted by Crippen LogP contribution is 2.35. The molecular formula is C13H17NO4. The highest BCUT2D eigenvalue weighted by Gasteiger charge is 2.45. The molecular weight excluding hydrogens is 234 g/mol. The molecule has 98 valence electrons. The van der Waals surface area contributed by atoms with Crippen LogP contribution in [0, 0.1) is 0 Å². The smallest absolute Gasteiger partial charge is 0.399 e. The first-order valence-electron chi connectivity index (χ1n) is 5.80. The fraction of sp³-hybridized carbons (Fsp3) is 0.462. The molecule has 0 spiro atoms. The first kappa shape index (κ1) is 13.0. The summed E-state index contributed by atoms with van der Waals surface area (Å²) in [5.74, 6) is 0.441. The highest BCUT2D eigenvalue weighted by atomic mass is 16.9. The van der Waals surface area contributed by atoms with E-state index in [1.54, 1.807) is 7.11 Å². The summed E-state index contributed by atoms with van der Waals surface area (Å²) in [5, 5.41) is 0. The molecule has 2 unspecified atom stereocenters. The average molecular weight is 251 g/mol. The predicted molar refractivity (Wildman–Crippen MR) is 66.1 cm³/mol. The van der Waals surface area contributed by atoms with Gasteiger partial charge >= 0.3 is 6.10 Å². The molecule has 0 bridgehead atoms. The maximum atomic E-state index is 5.76. The highest BCUT2D eigenvalue weighted by molar-refractivity contribution is 5.83. The molecule has 0 N–H and O–H groups in total. The van der Waals surface area contributed by atoms with Gasteiger partial charge in [-0.1, -0.05) is 30.3 Å². The van der Waals surface area contributed by atoms with Gasteiger partial charge < -0.3 is 14.2 Å². The van der Waals surface area contributed by atoms with Gasteiger partial charge in [0.15, 0.2) is 6.10 Å². The standard InChI is InChI=1S/C13H17NO4/c1-4-17-13(16-3)14-12(15-2)11(18-13)10-8-6-5-7-9-10/h5-9,11H,4H2,1-3H3. The van der Waals surface area contributed by atoms with Gasteiger partial charge in [0, 0.05) is 7.11 Å². The van der Waals surface area contributed by atoms with Crippen LogP contribution in [0.2, 0.25) is 0 Å². The molecule has 2 rings (SSSR count). The molecule has 0 fully saturated rings. The van der Waals surface area contributed by atoms with Gasteiger partial charge in [-0.25, -0.2) is 0 Å². The van der Waals surface area contributed by atoms with Gasteiger partial charge in [-0.05, 0) is 12.5 Å². The molecule has 1 aromatic rings. The van der Waals surface area contributed by atoms with Crippen molar-refractivity contribution in [2.75, 3.05) is 20.8 Å². The maximum Gasteiger partial charge on any atom is 0.399 e. The summed E-state index contributed by atoms with van der Waals surface area (Å²) >= 11 is 0. The van der Waals surface area contributed by atoms with Crippen LogP contribution in [0.5, 0.6) is 0 Å². The van der Waals surface area contributed by atoms with Crippen LogP contribution in [0.4, 0.5) is 0 Å². The molecule has 1 aromatic carbocycles. The Hall–Kier alpha value is -1.43. The Morgan fingerprint density at radius 3 is 2.56 bits per heavy atom. The number of benzene rings is 1. The van der Waals surface area contributed by atoms with Crippen molar-refractivity contribution < 1.29 is 18.9 Å². The summed E-state index contributed by atoms with van der Waals surface area (Å²) < 4.78 is 21.6. The zero-order chi connectivity index (χ0) is 13.0. The SMILES string of the molecule is CCOC1(OC)N=C(OC)C(c2ccccc2)O1. The minimum absolute atomic E-state index is 0.414. The van der Waals surface area contributed by atoms with Gasteiger partial charge in [0.05, 0.1) is 13.7 Å². The third kappa shape index (κ3) is 2.38. The third-order valence-corrected chi connectivity index (χ3v) is 2.63. The van der Waals surface area contributed by atoms with E-state index in [0.717, 1.165) is 5.56 Å². The van der Waals surface area contributed by atoms with Gasteiger partial charge in [0.2, 0.25) is 5.90 Å². The number of nitrogens with zero attached hydrogens (tertiary/aromatic N) is 1. The number of hydrogen-bond donors (Lipinski definition) is 0. The predicted octanol–water partition coefficient (Wildman–Crippen LogP) is 2.10. The van der Waals surface area contributed by atoms with Gasteiger partial charge in [0.1, 0.15) is 0 Å². The molecule has 1 aliphatic rings. The van der Waals surface area contributed by atoms with Crippen molar-refractivity contribution in [3.05, 3.63) is 35.9 Å². The summed E-state index contributed by atoms with van der Waals surface area (Å²) in [7, 11) is 3.04. The number of rotatable bonds is 4. The van der Waals surface area contributed by atoms with Crippen molar-refractivity contribution in [2.24, 2.45) is 4.99 Å². The van der Waals surface area contributed by atoms with E-state index in [1.807, 2.05) is 37.3 Å². The second-order valence-corrected chi connectivity index (χ2v) is 3.72. The van der Waals surface area contributed by atoms with Crippen LogP contribution >= 0.6 is 0 Å². The average Bonchev–Trinajstić information content (AvgIpc) is 2.80. The van der Waals surface area contributed by atoms with E-state index < -0.39 is 12.2 Å². The van der Waals surface area contributed by atoms with Gasteiger partial charge in [-0.2, -0.15) is 4.99 Å². The molecule has 18 heavy (non-hydrogen) atoms. The van der Waals surface area contributed by atoms with Crippen LogP contribution in [0.15, 0.2) is 35.3 Å². The van der Waals surface area contributed by atoms with Crippen LogP contribution in [0.3, 0.4) is 0 Å². The normalized spacial score (nSPS) is 27.1. The Morgan fingerprint density at radius 1 is 1.28 bits per heavy atom. The van der Waals surface area contributed by atoms with Crippen molar-refractivity contribution in [3.63, 3.8) is 0 Å². The zero-order valence-electron chi connectivity index (χ0n) is 10.8. The summed E-state index contributed by atoms with van der Waals surface area (Å²) in [6.45, 7) is 2.28. The van der Waals surface area contributed by atoms with Gasteiger partial charge in [-0.3, -0.25) is 4.74 Å². The van der Waals surface area contributed by atoms with E-state index in [2.05, 4.69) is 4.99 Å². The number of hydrogen-bond acceptors (Lipinski definition) is 5. The Balaban J connectivity index is 2.28. The molecule has 0 amide bonds. The van der Waals surface area contributed by atoms with Crippen molar-refractivity contribution in [1.82, 2.24) is 0 Å². The van der Waals surface area contributed by atoms with Gasteiger partial charge in [0.25, 0.3) is 0 Å². The van der Waals surface area contributed by atoms with Crippen LogP contribution in [0.25, 0.3) is 0 Å². The Morgan fingerprint density at radius 2 is 2.00 bits per heavy atom. The fourth-order valence-corrected chi connectivity index (χ4v) is 1.81. The second-order valence-electron chi connectivity index (χ2n) is 3.72. The molecule has 1 aliphatic heterocycles. The first-order chi connectivity index (χ1) is 8.74. The van der Waals surface area contributed by atoms with Crippen LogP contribution in [0.1, 0.15) is 18.6 Å². The number of methoxy groups -OCH3 is 2. The minimum atomic E-state index is -1.40. The molecule has 5 nitrogen and oxygen atoms in total. The molecule has 1 heterocycles. The van der Waals surface area contributed by atoms with E-state index >= 15 is 0 Å². The van der Waals surface area contributed by atoms with Crippen LogP contribution in [-0.4, -0.2) is 32.8 Å². The van der Waals surface area contributed by atoms with Crippen LogP contribution < -0.4 is 0 Å². The molecule has 2 atom stereocenters. The van der Waals surface area contributed by atoms with Crippen molar-refractivity contribution in [1.29, 1.82) is 0 Å². The molecule has 0 aromatic heterocycles. The van der Waals surface area contributed by atoms with Crippen molar-refractivity contribution in [3.8, 4) is 0 Å². The van der Waals surface area contributed by atoms with E-state index in [4.69, 9.17) is 18.9 Å². The molecule has 0 radical (unpaired) electrons. The largest absolute Gasteiger partial charge is 0.482 e. The second kappa shape index (κ2) is 5.48. The van der Waals surface area contributed by atoms with Crippen LogP contribution in [-0.2, 0) is 18.9 Å². The van der Waals surface area contributed by atoms with E-state index in [-0.39, 0.29) is 0 Å². The lowest BCUT2D eigenvalue weighted by molar-refractivity contribution is -0.363. The molecule has 0 aliphatic carbocycles. The quantitative estimate of drug-likeness (QED) is 0.769. The Labute approximate surface area is 106 Å². The van der Waals surface area contributed by atoms with E-state index in [1.165, 1.54) is 7.11 Å². The molecule has 0 saturated heterocycles. The van der Waals surface area contributed by atoms with Crippen molar-refractivity contribution in [2.45, 2.75) is 19.1 Å². The van der Waals surface area contributed by atoms with E-state index in [9.17, 15) is 0 Å². The fourth-order valence-electron chi connectivity index (χ4n) is 1.81.